The van der Waals surface area contributed by atoms with Gasteiger partial charge < -0.3 is 14.6 Å². The van der Waals surface area contributed by atoms with Gasteiger partial charge in [-0.2, -0.15) is 0 Å². The minimum atomic E-state index is -1.56. The van der Waals surface area contributed by atoms with Crippen molar-refractivity contribution < 1.29 is 29.0 Å². The number of carbonyl (C=O) groups excluding carboxylic acids is 3. The normalized spacial score (nSPS) is 50.9. The Morgan fingerprint density at radius 3 is 1.95 bits per heavy atom. The van der Waals surface area contributed by atoms with Crippen LogP contribution in [0.25, 0.3) is 0 Å². The van der Waals surface area contributed by atoms with Gasteiger partial charge in [-0.25, -0.2) is 0 Å². The molecule has 0 amide bonds. The van der Waals surface area contributed by atoms with Crippen LogP contribution in [0.5, 0.6) is 0 Å². The quantitative estimate of drug-likeness (QED) is 0.382. The van der Waals surface area contributed by atoms with Gasteiger partial charge in [0.15, 0.2) is 5.78 Å². The van der Waals surface area contributed by atoms with Crippen LogP contribution < -0.4 is 0 Å². The van der Waals surface area contributed by atoms with E-state index in [9.17, 15) is 19.5 Å². The fourth-order valence-electron chi connectivity index (χ4n) is 11.8. The molecule has 0 heterocycles. The Bertz CT molecular complexity index is 1110. The average molecular weight is 559 g/mol. The van der Waals surface area contributed by atoms with Crippen molar-refractivity contribution >= 4 is 17.7 Å². The topological polar surface area (TPSA) is 89.9 Å². The number of Topliss-reactive ketones (excluding diaryl/α,β-unsaturated/α-hetero) is 1. The molecule has 10 atom stereocenters. The van der Waals surface area contributed by atoms with Gasteiger partial charge in [0, 0.05) is 37.0 Å². The van der Waals surface area contributed by atoms with Crippen LogP contribution in [0.15, 0.2) is 0 Å². The van der Waals surface area contributed by atoms with Crippen molar-refractivity contribution in [2.45, 2.75) is 145 Å². The molecule has 5 aliphatic carbocycles. The largest absolute Gasteiger partial charge is 0.462 e. The number of fused-ring (bicyclic) bond motifs is 7. The van der Waals surface area contributed by atoms with Crippen molar-refractivity contribution in [3.8, 4) is 0 Å². The summed E-state index contributed by atoms with van der Waals surface area (Å²) >= 11 is 0. The SMILES string of the molecule is CC(=O)O[C@H]1CC[C@]2(C)[C@H]3CC(=O)[C@]4(O)[C@@H]5CC(C)(C)CC[C@]5(C)C[C@H](OC(C)=O)[C@@]4(C)[C@]3(C)CC[C@H]2C1(C)C. The third-order valence-corrected chi connectivity index (χ3v) is 14.2. The number of rotatable bonds is 2. The number of esters is 2. The molecule has 0 radical (unpaired) electrons. The molecular formula is C34H54O6. The summed E-state index contributed by atoms with van der Waals surface area (Å²) in [5.74, 6) is -0.496. The summed E-state index contributed by atoms with van der Waals surface area (Å²) in [7, 11) is 0. The highest BCUT2D eigenvalue weighted by Crippen LogP contribution is 2.77. The minimum absolute atomic E-state index is 0.0353. The van der Waals surface area contributed by atoms with E-state index in [4.69, 9.17) is 9.47 Å². The molecular weight excluding hydrogens is 504 g/mol. The van der Waals surface area contributed by atoms with Crippen molar-refractivity contribution in [1.82, 2.24) is 0 Å². The van der Waals surface area contributed by atoms with E-state index in [2.05, 4.69) is 55.4 Å². The first-order chi connectivity index (χ1) is 18.2. The molecule has 0 spiro atoms. The highest BCUT2D eigenvalue weighted by atomic mass is 16.5. The smallest absolute Gasteiger partial charge is 0.302 e. The highest BCUT2D eigenvalue weighted by Gasteiger charge is 2.80. The predicted octanol–water partition coefficient (Wildman–Crippen LogP) is 6.66. The van der Waals surface area contributed by atoms with Crippen LogP contribution in [0, 0.1) is 50.2 Å². The molecule has 5 fully saturated rings. The molecule has 0 aromatic heterocycles. The molecule has 5 saturated carbocycles. The van der Waals surface area contributed by atoms with Gasteiger partial charge in [0.2, 0.25) is 0 Å². The second kappa shape index (κ2) is 8.80. The molecule has 40 heavy (non-hydrogen) atoms. The van der Waals surface area contributed by atoms with E-state index in [1.807, 2.05) is 0 Å². The van der Waals surface area contributed by atoms with Crippen molar-refractivity contribution in [3.05, 3.63) is 0 Å². The van der Waals surface area contributed by atoms with Gasteiger partial charge >= 0.3 is 11.9 Å². The van der Waals surface area contributed by atoms with Gasteiger partial charge in [0.05, 0.1) is 0 Å². The molecule has 0 saturated heterocycles. The van der Waals surface area contributed by atoms with Gasteiger partial charge in [-0.15, -0.1) is 0 Å². The lowest BCUT2D eigenvalue weighted by molar-refractivity contribution is -0.321. The highest BCUT2D eigenvalue weighted by molar-refractivity contribution is 5.91. The number of hydrogen-bond donors (Lipinski definition) is 1. The first-order valence-electron chi connectivity index (χ1n) is 15.8. The van der Waals surface area contributed by atoms with Crippen LogP contribution in [0.1, 0.15) is 127 Å². The lowest BCUT2D eigenvalue weighted by atomic mass is 9.29. The molecule has 0 unspecified atom stereocenters. The lowest BCUT2D eigenvalue weighted by Gasteiger charge is -2.75. The van der Waals surface area contributed by atoms with Crippen LogP contribution in [0.4, 0.5) is 0 Å². The second-order valence-electron chi connectivity index (χ2n) is 17.0. The molecule has 6 heteroatoms. The van der Waals surface area contributed by atoms with E-state index >= 15 is 0 Å². The predicted molar refractivity (Wildman–Crippen MR) is 153 cm³/mol. The van der Waals surface area contributed by atoms with E-state index in [-0.39, 0.29) is 63.2 Å². The summed E-state index contributed by atoms with van der Waals surface area (Å²) < 4.78 is 12.1. The molecule has 226 valence electrons. The fourth-order valence-corrected chi connectivity index (χ4v) is 11.8. The van der Waals surface area contributed by atoms with E-state index in [0.717, 1.165) is 44.9 Å². The Hall–Kier alpha value is -1.43. The van der Waals surface area contributed by atoms with Crippen molar-refractivity contribution in [2.75, 3.05) is 0 Å². The van der Waals surface area contributed by atoms with E-state index in [0.29, 0.717) is 12.8 Å². The molecule has 5 rings (SSSR count). The average Bonchev–Trinajstić information content (AvgIpc) is 2.81. The molecule has 0 aliphatic heterocycles. The maximum Gasteiger partial charge on any atom is 0.302 e. The zero-order valence-corrected chi connectivity index (χ0v) is 26.7. The van der Waals surface area contributed by atoms with Gasteiger partial charge in [-0.1, -0.05) is 55.4 Å². The van der Waals surface area contributed by atoms with Gasteiger partial charge in [0.1, 0.15) is 17.8 Å². The number of carbonyl (C=O) groups is 3. The van der Waals surface area contributed by atoms with Gasteiger partial charge in [0.25, 0.3) is 0 Å². The van der Waals surface area contributed by atoms with Crippen LogP contribution in [0.3, 0.4) is 0 Å². The minimum Gasteiger partial charge on any atom is -0.462 e. The number of hydrogen-bond acceptors (Lipinski definition) is 6. The third-order valence-electron chi connectivity index (χ3n) is 14.2. The molecule has 6 nitrogen and oxygen atoms in total. The Morgan fingerprint density at radius 1 is 0.750 bits per heavy atom. The van der Waals surface area contributed by atoms with Crippen LogP contribution in [-0.4, -0.2) is 40.6 Å². The summed E-state index contributed by atoms with van der Waals surface area (Å²) in [6.07, 6.45) is 6.51. The van der Waals surface area contributed by atoms with Gasteiger partial charge in [-0.05, 0) is 84.9 Å². The summed E-state index contributed by atoms with van der Waals surface area (Å²) in [4.78, 5) is 39.3. The van der Waals surface area contributed by atoms with Crippen LogP contribution in [-0.2, 0) is 23.9 Å². The monoisotopic (exact) mass is 558 g/mol. The number of ketones is 1. The first kappa shape index (κ1) is 30.0. The lowest BCUT2D eigenvalue weighted by Crippen LogP contribution is -2.80. The zero-order chi connectivity index (χ0) is 29.9. The Kier molecular flexibility index (Phi) is 6.61. The van der Waals surface area contributed by atoms with Crippen molar-refractivity contribution in [3.63, 3.8) is 0 Å². The van der Waals surface area contributed by atoms with Crippen molar-refractivity contribution in [2.24, 2.45) is 50.2 Å². The second-order valence-corrected chi connectivity index (χ2v) is 17.0. The van der Waals surface area contributed by atoms with E-state index < -0.39 is 22.5 Å². The molecule has 5 aliphatic rings. The van der Waals surface area contributed by atoms with Crippen molar-refractivity contribution in [1.29, 1.82) is 0 Å². The van der Waals surface area contributed by atoms with Crippen LogP contribution >= 0.6 is 0 Å². The van der Waals surface area contributed by atoms with E-state index in [1.54, 1.807) is 0 Å². The maximum atomic E-state index is 14.7. The molecule has 0 bridgehead atoms. The standard InChI is InChI=1S/C34H54O6/c1-20(35)39-26-12-13-31(8)22(29(26,5)6)11-14-32(9)23(31)17-25(37)34(38)24-18-28(3,4)15-16-30(24,7)19-27(33(32,34)10)40-21(2)36/h22-24,26-27,38H,11-19H2,1-10H3/t22-,23+,24+,26-,27-,30+,31-,32+,33-,34+/m0/s1. The number of ether oxygens (including phenoxy) is 2. The first-order valence-corrected chi connectivity index (χ1v) is 15.8. The molecule has 1 N–H and O–H groups in total. The summed E-state index contributed by atoms with van der Waals surface area (Å²) in [6, 6.07) is 0. The maximum absolute atomic E-state index is 14.7. The fraction of sp³-hybridized carbons (Fsp3) is 0.912. The Labute approximate surface area is 241 Å². The van der Waals surface area contributed by atoms with E-state index in [1.165, 1.54) is 13.8 Å². The Balaban J connectivity index is 1.65. The summed E-state index contributed by atoms with van der Waals surface area (Å²) in [5, 5.41) is 13.1. The summed E-state index contributed by atoms with van der Waals surface area (Å²) in [5.41, 5.74) is -3.50. The van der Waals surface area contributed by atoms with Crippen LogP contribution in [0.2, 0.25) is 0 Å². The third kappa shape index (κ3) is 3.72. The molecule has 0 aromatic rings. The zero-order valence-electron chi connectivity index (χ0n) is 26.7. The Morgan fingerprint density at radius 2 is 1.35 bits per heavy atom. The molecule has 0 aromatic carbocycles. The van der Waals surface area contributed by atoms with Gasteiger partial charge in [-0.3, -0.25) is 14.4 Å². The summed E-state index contributed by atoms with van der Waals surface area (Å²) in [6.45, 7) is 20.9. The number of aliphatic hydroxyl groups is 1.